The first kappa shape index (κ1) is 15.4. The van der Waals surface area contributed by atoms with E-state index in [0.717, 1.165) is 0 Å². The Morgan fingerprint density at radius 3 is 1.56 bits per heavy atom. The molecular formula is C7H9F7O2. The van der Waals surface area contributed by atoms with Crippen LogP contribution in [0.5, 0.6) is 0 Å². The maximum atomic E-state index is 12.8. The molecule has 0 aromatic carbocycles. The molecule has 0 aliphatic heterocycles. The Morgan fingerprint density at radius 1 is 0.812 bits per heavy atom. The fourth-order valence-electron chi connectivity index (χ4n) is 0.824. The van der Waals surface area contributed by atoms with Crippen LogP contribution in [0, 0.1) is 0 Å². The van der Waals surface area contributed by atoms with Crippen LogP contribution in [0.2, 0.25) is 0 Å². The number of halogens is 7. The summed E-state index contributed by atoms with van der Waals surface area (Å²) in [6, 6.07) is 0. The van der Waals surface area contributed by atoms with Gasteiger partial charge in [-0.05, 0) is 0 Å². The molecule has 0 aliphatic carbocycles. The zero-order valence-corrected chi connectivity index (χ0v) is 7.83. The lowest BCUT2D eigenvalue weighted by atomic mass is 10.0. The summed E-state index contributed by atoms with van der Waals surface area (Å²) >= 11 is 0. The standard InChI is InChI=1S/C7H9F7O2/c8-5(6(9,10)11,7(12,13)14)1-3-16-4-2-15/h15H,1-4H2. The smallest absolute Gasteiger partial charge is 0.394 e. The van der Waals surface area contributed by atoms with Crippen LogP contribution in [-0.4, -0.2) is 42.9 Å². The Labute approximate surface area is 86.0 Å². The lowest BCUT2D eigenvalue weighted by molar-refractivity contribution is -0.345. The molecule has 0 saturated heterocycles. The average Bonchev–Trinajstić information content (AvgIpc) is 2.08. The monoisotopic (exact) mass is 258 g/mol. The summed E-state index contributed by atoms with van der Waals surface area (Å²) in [7, 11) is 0. The molecule has 0 rings (SSSR count). The van der Waals surface area contributed by atoms with Gasteiger partial charge in [0.1, 0.15) is 0 Å². The number of aliphatic hydroxyl groups is 1. The van der Waals surface area contributed by atoms with Gasteiger partial charge in [-0.3, -0.25) is 0 Å². The van der Waals surface area contributed by atoms with Crippen molar-refractivity contribution in [2.24, 2.45) is 0 Å². The van der Waals surface area contributed by atoms with Crippen LogP contribution < -0.4 is 0 Å². The molecule has 0 aliphatic rings. The van der Waals surface area contributed by atoms with Crippen molar-refractivity contribution in [2.45, 2.75) is 24.4 Å². The van der Waals surface area contributed by atoms with Crippen molar-refractivity contribution >= 4 is 0 Å². The maximum Gasteiger partial charge on any atom is 0.431 e. The minimum atomic E-state index is -6.05. The Hall–Kier alpha value is -0.570. The van der Waals surface area contributed by atoms with Crippen molar-refractivity contribution in [1.29, 1.82) is 0 Å². The molecule has 0 aromatic rings. The van der Waals surface area contributed by atoms with E-state index in [-0.39, 0.29) is 0 Å². The predicted octanol–water partition coefficient (Wildman–Crippen LogP) is 2.22. The Bertz CT molecular complexity index is 196. The van der Waals surface area contributed by atoms with E-state index >= 15 is 0 Å². The van der Waals surface area contributed by atoms with E-state index in [4.69, 9.17) is 5.11 Å². The molecule has 0 bridgehead atoms. The zero-order valence-electron chi connectivity index (χ0n) is 7.83. The van der Waals surface area contributed by atoms with E-state index in [1.165, 1.54) is 0 Å². The van der Waals surface area contributed by atoms with Gasteiger partial charge >= 0.3 is 18.0 Å². The molecule has 9 heteroatoms. The van der Waals surface area contributed by atoms with Crippen LogP contribution in [-0.2, 0) is 4.74 Å². The minimum absolute atomic E-state index is 0.453. The van der Waals surface area contributed by atoms with Gasteiger partial charge in [0.15, 0.2) is 0 Å². The number of aliphatic hydroxyl groups excluding tert-OH is 1. The fourth-order valence-corrected chi connectivity index (χ4v) is 0.824. The summed E-state index contributed by atoms with van der Waals surface area (Å²) in [6.45, 7) is -2.11. The lowest BCUT2D eigenvalue weighted by Gasteiger charge is -2.29. The first-order chi connectivity index (χ1) is 7.06. The van der Waals surface area contributed by atoms with Gasteiger partial charge in [-0.15, -0.1) is 0 Å². The van der Waals surface area contributed by atoms with Crippen LogP contribution in [0.3, 0.4) is 0 Å². The molecule has 0 fully saturated rings. The Morgan fingerprint density at radius 2 is 1.25 bits per heavy atom. The first-order valence-electron chi connectivity index (χ1n) is 4.07. The zero-order chi connectivity index (χ0) is 13.0. The molecular weight excluding hydrogens is 249 g/mol. The van der Waals surface area contributed by atoms with Gasteiger partial charge in [-0.25, -0.2) is 4.39 Å². The molecule has 0 unspecified atom stereocenters. The van der Waals surface area contributed by atoms with Gasteiger partial charge in [-0.1, -0.05) is 0 Å². The van der Waals surface area contributed by atoms with Gasteiger partial charge < -0.3 is 9.84 Å². The third-order valence-corrected chi connectivity index (χ3v) is 1.73. The van der Waals surface area contributed by atoms with Crippen molar-refractivity contribution in [3.8, 4) is 0 Å². The second kappa shape index (κ2) is 5.17. The number of hydrogen-bond donors (Lipinski definition) is 1. The van der Waals surface area contributed by atoms with Gasteiger partial charge in [0.2, 0.25) is 0 Å². The van der Waals surface area contributed by atoms with Crippen LogP contribution in [0.25, 0.3) is 0 Å². The summed E-state index contributed by atoms with van der Waals surface area (Å²) < 4.78 is 88.5. The fraction of sp³-hybridized carbons (Fsp3) is 1.00. The minimum Gasteiger partial charge on any atom is -0.394 e. The molecule has 0 amide bonds. The predicted molar refractivity (Wildman–Crippen MR) is 38.5 cm³/mol. The Kier molecular flexibility index (Phi) is 4.99. The molecule has 2 nitrogen and oxygen atoms in total. The largest absolute Gasteiger partial charge is 0.431 e. The summed E-state index contributed by atoms with van der Waals surface area (Å²) in [6.07, 6.45) is -14.0. The number of ether oxygens (including phenoxy) is 1. The summed E-state index contributed by atoms with van der Waals surface area (Å²) in [5.74, 6) is 0. The molecule has 0 atom stereocenters. The number of alkyl halides is 7. The highest BCUT2D eigenvalue weighted by Crippen LogP contribution is 2.48. The molecule has 16 heavy (non-hydrogen) atoms. The molecule has 0 saturated carbocycles. The highest BCUT2D eigenvalue weighted by atomic mass is 19.4. The third kappa shape index (κ3) is 3.48. The second-order valence-electron chi connectivity index (χ2n) is 2.88. The highest BCUT2D eigenvalue weighted by molar-refractivity contribution is 4.94. The average molecular weight is 258 g/mol. The maximum absolute atomic E-state index is 12.8. The second-order valence-corrected chi connectivity index (χ2v) is 2.88. The van der Waals surface area contributed by atoms with Gasteiger partial charge in [0, 0.05) is 6.42 Å². The Balaban J connectivity index is 4.59. The van der Waals surface area contributed by atoms with Gasteiger partial charge in [0.05, 0.1) is 19.8 Å². The lowest BCUT2D eigenvalue weighted by Crippen LogP contribution is -2.53. The summed E-state index contributed by atoms with van der Waals surface area (Å²) in [4.78, 5) is 0. The van der Waals surface area contributed by atoms with Crippen molar-refractivity contribution in [3.63, 3.8) is 0 Å². The van der Waals surface area contributed by atoms with E-state index in [1.807, 2.05) is 0 Å². The molecule has 0 radical (unpaired) electrons. The van der Waals surface area contributed by atoms with Crippen LogP contribution in [0.4, 0.5) is 30.7 Å². The van der Waals surface area contributed by atoms with Crippen LogP contribution in [0.15, 0.2) is 0 Å². The number of hydrogen-bond acceptors (Lipinski definition) is 2. The third-order valence-electron chi connectivity index (χ3n) is 1.73. The molecule has 0 heterocycles. The quantitative estimate of drug-likeness (QED) is 0.605. The van der Waals surface area contributed by atoms with Gasteiger partial charge in [0.25, 0.3) is 0 Å². The van der Waals surface area contributed by atoms with E-state index in [2.05, 4.69) is 4.74 Å². The number of rotatable bonds is 5. The molecule has 0 aromatic heterocycles. The van der Waals surface area contributed by atoms with Crippen molar-refractivity contribution < 1.29 is 40.6 Å². The van der Waals surface area contributed by atoms with E-state index in [9.17, 15) is 30.7 Å². The molecule has 0 spiro atoms. The molecule has 98 valence electrons. The van der Waals surface area contributed by atoms with Crippen LogP contribution >= 0.6 is 0 Å². The highest BCUT2D eigenvalue weighted by Gasteiger charge is 2.71. The SMILES string of the molecule is OCCOCCC(F)(C(F)(F)F)C(F)(F)F. The summed E-state index contributed by atoms with van der Waals surface area (Å²) in [5, 5.41) is 8.15. The van der Waals surface area contributed by atoms with Crippen LogP contribution in [0.1, 0.15) is 6.42 Å². The van der Waals surface area contributed by atoms with E-state index in [1.54, 1.807) is 0 Å². The summed E-state index contributed by atoms with van der Waals surface area (Å²) in [5.41, 5.74) is -5.28. The van der Waals surface area contributed by atoms with E-state index < -0.39 is 44.3 Å². The topological polar surface area (TPSA) is 29.5 Å². The molecule has 1 N–H and O–H groups in total. The van der Waals surface area contributed by atoms with Crippen molar-refractivity contribution in [2.75, 3.05) is 19.8 Å². The normalized spacial score (nSPS) is 14.2. The van der Waals surface area contributed by atoms with Crippen molar-refractivity contribution in [1.82, 2.24) is 0 Å². The van der Waals surface area contributed by atoms with Crippen molar-refractivity contribution in [3.05, 3.63) is 0 Å². The van der Waals surface area contributed by atoms with E-state index in [0.29, 0.717) is 0 Å². The first-order valence-corrected chi connectivity index (χ1v) is 4.07. The van der Waals surface area contributed by atoms with Gasteiger partial charge in [-0.2, -0.15) is 26.3 Å².